The molecule has 0 amide bonds. The number of carbonyl (C=O) groups excluding carboxylic acids is 1. The Morgan fingerprint density at radius 2 is 2.17 bits per heavy atom. The molecule has 1 fully saturated rings. The van der Waals surface area contributed by atoms with E-state index in [2.05, 4.69) is 11.1 Å². The third-order valence-corrected chi connectivity index (χ3v) is 7.61. The fourth-order valence-electron chi connectivity index (χ4n) is 3.79. The second-order valence-corrected chi connectivity index (χ2v) is 10.4. The van der Waals surface area contributed by atoms with E-state index in [1.165, 1.54) is 28.5 Å². The average Bonchev–Trinajstić information content (AvgIpc) is 3.30. The number of halogens is 1. The van der Waals surface area contributed by atoms with Gasteiger partial charge in [-0.15, -0.1) is 11.3 Å². The number of carbonyl (C=O) groups is 2. The fraction of sp³-hybridized carbons (Fsp3) is 0.682. The number of allylic oxidation sites excluding steroid dienone is 1. The second-order valence-electron chi connectivity index (χ2n) is 8.20. The van der Waals surface area contributed by atoms with Gasteiger partial charge in [0.1, 0.15) is 5.78 Å². The summed E-state index contributed by atoms with van der Waals surface area (Å²) in [7, 11) is 0. The van der Waals surface area contributed by atoms with Crippen LogP contribution < -0.4 is 0 Å². The van der Waals surface area contributed by atoms with Crippen LogP contribution in [0.1, 0.15) is 75.2 Å². The summed E-state index contributed by atoms with van der Waals surface area (Å²) in [5.41, 5.74) is -0.706. The number of nitrogens with zero attached hydrogens (tertiary/aromatic N) is 1. The maximum Gasteiger partial charge on any atom is 0.355 e. The van der Waals surface area contributed by atoms with E-state index < -0.39 is 11.6 Å². The Morgan fingerprint density at radius 1 is 1.40 bits per heavy atom. The molecule has 0 spiro atoms. The Labute approximate surface area is 186 Å². The lowest BCUT2D eigenvalue weighted by molar-refractivity contribution is -0.121. The zero-order valence-electron chi connectivity index (χ0n) is 17.5. The Hall–Kier alpha value is -1.25. The molecule has 1 heterocycles. The molecule has 2 N–H and O–H groups in total. The maximum atomic E-state index is 12.3. The summed E-state index contributed by atoms with van der Waals surface area (Å²) in [6.45, 7) is 1.56. The summed E-state index contributed by atoms with van der Waals surface area (Å²) in [6, 6.07) is 0. The first kappa shape index (κ1) is 25.0. The standard InChI is InChI=1S/C22H32FNO4S2/c1-22(28,11-4-2-3-5-13-23)12-6-7-16-8-9-19(25)17(16)10-14-29-21-24-18(15-30-21)20(26)27/h6-7,15-17,28H,2-5,8-14H2,1H3,(H,26,27)/b7-6+/t16-,17+,22?/m0/s1. The number of Topliss-reactive ketones (excluding diaryl/α,β-unsaturated/α-hetero) is 1. The van der Waals surface area contributed by atoms with Gasteiger partial charge in [0, 0.05) is 23.5 Å². The molecule has 1 saturated carbocycles. The van der Waals surface area contributed by atoms with E-state index in [4.69, 9.17) is 5.11 Å². The van der Waals surface area contributed by atoms with Crippen molar-refractivity contribution in [3.8, 4) is 0 Å². The van der Waals surface area contributed by atoms with Crippen molar-refractivity contribution in [2.45, 2.75) is 74.7 Å². The molecular formula is C22H32FNO4S2. The summed E-state index contributed by atoms with van der Waals surface area (Å²) in [5.74, 6) is 0.173. The highest BCUT2D eigenvalue weighted by Gasteiger charge is 2.32. The van der Waals surface area contributed by atoms with E-state index in [1.807, 2.05) is 13.0 Å². The molecule has 5 nitrogen and oxygen atoms in total. The Bertz CT molecular complexity index is 720. The van der Waals surface area contributed by atoms with Crippen LogP contribution in [0.25, 0.3) is 0 Å². The van der Waals surface area contributed by atoms with Gasteiger partial charge in [-0.25, -0.2) is 9.78 Å². The predicted octanol–water partition coefficient (Wildman–Crippen LogP) is 5.54. The third-order valence-electron chi connectivity index (χ3n) is 5.55. The van der Waals surface area contributed by atoms with E-state index in [1.54, 1.807) is 0 Å². The van der Waals surface area contributed by atoms with Crippen molar-refractivity contribution >= 4 is 34.9 Å². The number of alkyl halides is 1. The first-order valence-corrected chi connectivity index (χ1v) is 12.5. The Kier molecular flexibility index (Phi) is 10.5. The largest absolute Gasteiger partial charge is 0.476 e. The van der Waals surface area contributed by atoms with Crippen LogP contribution in [-0.4, -0.2) is 45.0 Å². The average molecular weight is 458 g/mol. The van der Waals surface area contributed by atoms with Crippen LogP contribution in [0, 0.1) is 11.8 Å². The molecule has 168 valence electrons. The van der Waals surface area contributed by atoms with Crippen LogP contribution in [0.5, 0.6) is 0 Å². The van der Waals surface area contributed by atoms with Crippen LogP contribution in [0.15, 0.2) is 21.9 Å². The molecule has 1 aromatic rings. The lowest BCUT2D eigenvalue weighted by Gasteiger charge is -2.22. The third kappa shape index (κ3) is 8.47. The maximum absolute atomic E-state index is 12.3. The number of aliphatic hydroxyl groups is 1. The van der Waals surface area contributed by atoms with Crippen LogP contribution >= 0.6 is 23.1 Å². The summed E-state index contributed by atoms with van der Waals surface area (Å²) in [5, 5.41) is 21.0. The number of aromatic carboxylic acids is 1. The number of thiazole rings is 1. The molecule has 0 saturated heterocycles. The fourth-order valence-corrected chi connectivity index (χ4v) is 5.68. The number of hydrogen-bond donors (Lipinski definition) is 2. The molecule has 1 aliphatic rings. The summed E-state index contributed by atoms with van der Waals surface area (Å²) in [6.07, 6.45) is 10.8. The number of carboxylic acid groups (broad SMARTS) is 1. The van der Waals surface area contributed by atoms with Gasteiger partial charge < -0.3 is 10.2 Å². The molecule has 1 aromatic heterocycles. The van der Waals surface area contributed by atoms with Gasteiger partial charge >= 0.3 is 5.97 Å². The molecule has 0 bridgehead atoms. The number of rotatable bonds is 14. The minimum absolute atomic E-state index is 0.0155. The SMILES string of the molecule is CC(O)(C/C=C/[C@H]1CCC(=O)[C@@H]1CCSc1nc(C(=O)O)cs1)CCCCCCF. The van der Waals surface area contributed by atoms with Crippen LogP contribution in [0.2, 0.25) is 0 Å². The highest BCUT2D eigenvalue weighted by Crippen LogP contribution is 2.35. The van der Waals surface area contributed by atoms with E-state index in [0.29, 0.717) is 30.0 Å². The molecule has 2 rings (SSSR count). The van der Waals surface area contributed by atoms with Gasteiger partial charge in [0.15, 0.2) is 10.0 Å². The minimum Gasteiger partial charge on any atom is -0.476 e. The van der Waals surface area contributed by atoms with Gasteiger partial charge in [-0.2, -0.15) is 0 Å². The predicted molar refractivity (Wildman–Crippen MR) is 119 cm³/mol. The van der Waals surface area contributed by atoms with Crippen LogP contribution in [0.4, 0.5) is 4.39 Å². The normalized spacial score (nSPS) is 21.4. The molecule has 0 radical (unpaired) electrons. The number of ketones is 1. The number of carboxylic acids is 1. The number of unbranched alkanes of at least 4 members (excludes halogenated alkanes) is 3. The summed E-state index contributed by atoms with van der Waals surface area (Å²) >= 11 is 2.81. The Morgan fingerprint density at radius 3 is 2.87 bits per heavy atom. The summed E-state index contributed by atoms with van der Waals surface area (Å²) < 4.78 is 12.8. The Balaban J connectivity index is 1.75. The summed E-state index contributed by atoms with van der Waals surface area (Å²) in [4.78, 5) is 27.3. The lowest BCUT2D eigenvalue weighted by Crippen LogP contribution is -2.23. The highest BCUT2D eigenvalue weighted by atomic mass is 32.2. The quantitative estimate of drug-likeness (QED) is 0.217. The van der Waals surface area contributed by atoms with Gasteiger partial charge in [0.2, 0.25) is 0 Å². The lowest BCUT2D eigenvalue weighted by atomic mass is 9.90. The smallest absolute Gasteiger partial charge is 0.355 e. The highest BCUT2D eigenvalue weighted by molar-refractivity contribution is 8.01. The molecule has 0 aromatic carbocycles. The van der Waals surface area contributed by atoms with Gasteiger partial charge in [0.25, 0.3) is 0 Å². The van der Waals surface area contributed by atoms with Crippen molar-refractivity contribution in [2.75, 3.05) is 12.4 Å². The zero-order valence-corrected chi connectivity index (χ0v) is 19.2. The minimum atomic E-state index is -1.02. The van der Waals surface area contributed by atoms with E-state index in [-0.39, 0.29) is 30.0 Å². The monoisotopic (exact) mass is 457 g/mol. The van der Waals surface area contributed by atoms with Gasteiger partial charge in [0.05, 0.1) is 12.3 Å². The number of thioether (sulfide) groups is 1. The molecule has 30 heavy (non-hydrogen) atoms. The van der Waals surface area contributed by atoms with Crippen molar-refractivity contribution < 1.29 is 24.2 Å². The molecule has 3 atom stereocenters. The van der Waals surface area contributed by atoms with Crippen molar-refractivity contribution in [1.29, 1.82) is 0 Å². The van der Waals surface area contributed by atoms with E-state index >= 15 is 0 Å². The van der Waals surface area contributed by atoms with Crippen LogP contribution in [-0.2, 0) is 4.79 Å². The zero-order chi connectivity index (χ0) is 22.0. The molecule has 1 aliphatic carbocycles. The first-order valence-electron chi connectivity index (χ1n) is 10.6. The molecular weight excluding hydrogens is 425 g/mol. The van der Waals surface area contributed by atoms with Crippen molar-refractivity contribution in [1.82, 2.24) is 4.98 Å². The van der Waals surface area contributed by atoms with Gasteiger partial charge in [-0.05, 0) is 44.9 Å². The van der Waals surface area contributed by atoms with Gasteiger partial charge in [-0.3, -0.25) is 9.18 Å². The molecule has 8 heteroatoms. The van der Waals surface area contributed by atoms with Crippen molar-refractivity contribution in [3.05, 3.63) is 23.2 Å². The topological polar surface area (TPSA) is 87.5 Å². The van der Waals surface area contributed by atoms with Crippen LogP contribution in [0.3, 0.4) is 0 Å². The van der Waals surface area contributed by atoms with E-state index in [9.17, 15) is 19.1 Å². The second kappa shape index (κ2) is 12.6. The number of aromatic nitrogens is 1. The molecule has 0 aliphatic heterocycles. The van der Waals surface area contributed by atoms with E-state index in [0.717, 1.165) is 37.9 Å². The van der Waals surface area contributed by atoms with Gasteiger partial charge in [-0.1, -0.05) is 43.2 Å². The molecule has 1 unspecified atom stereocenters. The van der Waals surface area contributed by atoms with Crippen molar-refractivity contribution in [2.24, 2.45) is 11.8 Å². The number of hydrogen-bond acceptors (Lipinski definition) is 6. The first-order chi connectivity index (χ1) is 14.3. The van der Waals surface area contributed by atoms with Crippen molar-refractivity contribution in [3.63, 3.8) is 0 Å².